The molecule has 0 fully saturated rings. The van der Waals surface area contributed by atoms with Gasteiger partial charge in [-0.3, -0.25) is 14.2 Å². The van der Waals surface area contributed by atoms with Gasteiger partial charge in [-0.15, -0.1) is 0 Å². The Labute approximate surface area is 149 Å². The van der Waals surface area contributed by atoms with Gasteiger partial charge < -0.3 is 4.90 Å². The number of hydrogen-bond donors (Lipinski definition) is 0. The molecule has 0 saturated carbocycles. The van der Waals surface area contributed by atoms with Crippen molar-refractivity contribution in [2.75, 3.05) is 11.4 Å². The molecule has 1 aromatic heterocycles. The van der Waals surface area contributed by atoms with Crippen LogP contribution in [0.25, 0.3) is 10.9 Å². The normalized spacial score (nSPS) is 13.2. The highest BCUT2D eigenvalue weighted by Crippen LogP contribution is 2.30. The second-order valence-corrected chi connectivity index (χ2v) is 6.52. The lowest BCUT2D eigenvalue weighted by atomic mass is 10.2. The zero-order chi connectivity index (χ0) is 17.4. The van der Waals surface area contributed by atoms with Gasteiger partial charge >= 0.3 is 0 Å². The third-order valence-corrected chi connectivity index (χ3v) is 4.77. The minimum absolute atomic E-state index is 0.00105. The van der Waals surface area contributed by atoms with Gasteiger partial charge in [0.15, 0.2) is 0 Å². The fraction of sp³-hybridized carbons (Fsp3) is 0.211. The van der Waals surface area contributed by atoms with Crippen LogP contribution >= 0.6 is 11.6 Å². The Kier molecular flexibility index (Phi) is 4.01. The number of carbonyl (C=O) groups excluding carboxylic acids is 1. The molecule has 0 radical (unpaired) electrons. The zero-order valence-corrected chi connectivity index (χ0v) is 14.2. The molecule has 25 heavy (non-hydrogen) atoms. The smallest absolute Gasteiger partial charge is 0.261 e. The first-order chi connectivity index (χ1) is 12.1. The monoisotopic (exact) mass is 353 g/mol. The van der Waals surface area contributed by atoms with Crippen LogP contribution in [0.1, 0.15) is 12.0 Å². The molecule has 0 bridgehead atoms. The second-order valence-electron chi connectivity index (χ2n) is 6.08. The van der Waals surface area contributed by atoms with Crippen molar-refractivity contribution in [3.05, 3.63) is 69.7 Å². The van der Waals surface area contributed by atoms with E-state index in [1.807, 2.05) is 24.3 Å². The first-order valence-electron chi connectivity index (χ1n) is 8.16. The largest absolute Gasteiger partial charge is 0.312 e. The van der Waals surface area contributed by atoms with Crippen LogP contribution in [0.4, 0.5) is 5.69 Å². The van der Waals surface area contributed by atoms with E-state index in [-0.39, 0.29) is 17.9 Å². The van der Waals surface area contributed by atoms with Gasteiger partial charge in [0.25, 0.3) is 5.56 Å². The van der Waals surface area contributed by atoms with Crippen LogP contribution in [0, 0.1) is 0 Å². The summed E-state index contributed by atoms with van der Waals surface area (Å²) >= 11 is 6.01. The van der Waals surface area contributed by atoms with Gasteiger partial charge in [-0.2, -0.15) is 0 Å². The lowest BCUT2D eigenvalue weighted by Crippen LogP contribution is -2.31. The molecule has 126 valence electrons. The van der Waals surface area contributed by atoms with Crippen LogP contribution in [0.3, 0.4) is 0 Å². The number of para-hydroxylation sites is 1. The Morgan fingerprint density at radius 2 is 2.04 bits per heavy atom. The Hall–Kier alpha value is -2.66. The number of amides is 1. The number of halogens is 1. The summed E-state index contributed by atoms with van der Waals surface area (Å²) in [6, 6.07) is 12.8. The van der Waals surface area contributed by atoms with E-state index in [9.17, 15) is 9.59 Å². The summed E-state index contributed by atoms with van der Waals surface area (Å²) in [5, 5.41) is 1.25. The molecule has 2 aromatic carbocycles. The molecule has 4 rings (SSSR count). The van der Waals surface area contributed by atoms with E-state index in [1.165, 1.54) is 10.9 Å². The van der Waals surface area contributed by atoms with Crippen LogP contribution in [0.5, 0.6) is 0 Å². The zero-order valence-electron chi connectivity index (χ0n) is 13.5. The fourth-order valence-corrected chi connectivity index (χ4v) is 3.44. The lowest BCUT2D eigenvalue weighted by Gasteiger charge is -2.17. The van der Waals surface area contributed by atoms with Crippen LogP contribution in [-0.4, -0.2) is 22.0 Å². The van der Waals surface area contributed by atoms with Crippen LogP contribution < -0.4 is 10.5 Å². The molecule has 0 saturated heterocycles. The summed E-state index contributed by atoms with van der Waals surface area (Å²) in [7, 11) is 0. The van der Waals surface area contributed by atoms with Crippen LogP contribution in [-0.2, 0) is 17.8 Å². The van der Waals surface area contributed by atoms with Gasteiger partial charge in [0.05, 0.1) is 17.2 Å². The highest BCUT2D eigenvalue weighted by Gasteiger charge is 2.24. The van der Waals surface area contributed by atoms with E-state index in [1.54, 1.807) is 23.1 Å². The van der Waals surface area contributed by atoms with E-state index >= 15 is 0 Å². The summed E-state index contributed by atoms with van der Waals surface area (Å²) in [5.74, 6) is 0.00105. The van der Waals surface area contributed by atoms with E-state index in [0.717, 1.165) is 17.7 Å². The summed E-state index contributed by atoms with van der Waals surface area (Å²) in [6.45, 7) is 0.967. The lowest BCUT2D eigenvalue weighted by molar-refractivity contribution is -0.118. The van der Waals surface area contributed by atoms with E-state index in [2.05, 4.69) is 4.98 Å². The molecule has 1 aliphatic heterocycles. The number of rotatable bonds is 3. The quantitative estimate of drug-likeness (QED) is 0.727. The van der Waals surface area contributed by atoms with Crippen molar-refractivity contribution < 1.29 is 4.79 Å². The minimum Gasteiger partial charge on any atom is -0.312 e. The van der Waals surface area contributed by atoms with Crippen molar-refractivity contribution in [1.82, 2.24) is 9.55 Å². The molecule has 6 heteroatoms. The van der Waals surface area contributed by atoms with Crippen molar-refractivity contribution in [2.45, 2.75) is 19.4 Å². The maximum Gasteiger partial charge on any atom is 0.261 e. The molecule has 0 atom stereocenters. The third-order valence-electron chi connectivity index (χ3n) is 4.54. The first-order valence-corrected chi connectivity index (χ1v) is 8.54. The van der Waals surface area contributed by atoms with Crippen molar-refractivity contribution in [3.63, 3.8) is 0 Å². The maximum absolute atomic E-state index is 12.6. The molecule has 0 aliphatic carbocycles. The molecular formula is C19H16ClN3O2. The summed E-state index contributed by atoms with van der Waals surface area (Å²) < 4.78 is 1.50. The maximum atomic E-state index is 12.6. The highest BCUT2D eigenvalue weighted by molar-refractivity contribution is 6.30. The predicted molar refractivity (Wildman–Crippen MR) is 98.1 cm³/mol. The second kappa shape index (κ2) is 6.33. The minimum atomic E-state index is -0.119. The predicted octanol–water partition coefficient (Wildman–Crippen LogP) is 3.03. The molecule has 2 heterocycles. The van der Waals surface area contributed by atoms with E-state index < -0.39 is 0 Å². The standard InChI is InChI=1S/C19H16ClN3O2/c20-14-5-6-17-13(11-14)7-10-23(17)18(24)8-9-22-12-21-16-4-2-1-3-15(16)19(22)25/h1-6,11-12H,7-10H2. The summed E-state index contributed by atoms with van der Waals surface area (Å²) in [6.07, 6.45) is 2.57. The van der Waals surface area contributed by atoms with Gasteiger partial charge in [0.2, 0.25) is 5.91 Å². The van der Waals surface area contributed by atoms with Gasteiger partial charge in [0.1, 0.15) is 0 Å². The third kappa shape index (κ3) is 2.91. The summed E-state index contributed by atoms with van der Waals surface area (Å²) in [5.41, 5.74) is 2.55. The topological polar surface area (TPSA) is 55.2 Å². The average molecular weight is 354 g/mol. The number of anilines is 1. The van der Waals surface area contributed by atoms with Crippen molar-refractivity contribution in [1.29, 1.82) is 0 Å². The molecule has 1 aliphatic rings. The number of carbonyl (C=O) groups is 1. The molecule has 0 N–H and O–H groups in total. The van der Waals surface area contributed by atoms with E-state index in [4.69, 9.17) is 11.6 Å². The fourth-order valence-electron chi connectivity index (χ4n) is 3.25. The molecular weight excluding hydrogens is 338 g/mol. The first kappa shape index (κ1) is 15.8. The number of nitrogens with zero attached hydrogens (tertiary/aromatic N) is 3. The molecule has 1 amide bonds. The highest BCUT2D eigenvalue weighted by atomic mass is 35.5. The number of hydrogen-bond acceptors (Lipinski definition) is 3. The Morgan fingerprint density at radius 1 is 1.20 bits per heavy atom. The summed E-state index contributed by atoms with van der Waals surface area (Å²) in [4.78, 5) is 31.1. The number of benzene rings is 2. The molecule has 5 nitrogen and oxygen atoms in total. The Balaban J connectivity index is 1.52. The van der Waals surface area contributed by atoms with Gasteiger partial charge in [-0.1, -0.05) is 23.7 Å². The average Bonchev–Trinajstić information content (AvgIpc) is 3.04. The Morgan fingerprint density at radius 3 is 2.92 bits per heavy atom. The van der Waals surface area contributed by atoms with Gasteiger partial charge in [-0.25, -0.2) is 4.98 Å². The SMILES string of the molecule is O=C(CCn1cnc2ccccc2c1=O)N1CCc2cc(Cl)ccc21. The molecule has 3 aromatic rings. The number of aromatic nitrogens is 2. The number of aryl methyl sites for hydroxylation is 1. The molecule has 0 unspecified atom stereocenters. The van der Waals surface area contributed by atoms with Gasteiger partial charge in [0, 0.05) is 30.2 Å². The van der Waals surface area contributed by atoms with Crippen molar-refractivity contribution in [2.24, 2.45) is 0 Å². The van der Waals surface area contributed by atoms with Crippen molar-refractivity contribution in [3.8, 4) is 0 Å². The Bertz CT molecular complexity index is 1030. The van der Waals surface area contributed by atoms with Gasteiger partial charge in [-0.05, 0) is 42.3 Å². The molecule has 0 spiro atoms. The van der Waals surface area contributed by atoms with Crippen LogP contribution in [0.2, 0.25) is 5.02 Å². The van der Waals surface area contributed by atoms with Crippen molar-refractivity contribution >= 4 is 34.1 Å². The van der Waals surface area contributed by atoms with E-state index in [0.29, 0.717) is 29.0 Å². The number of fused-ring (bicyclic) bond motifs is 2. The van der Waals surface area contributed by atoms with Crippen LogP contribution in [0.15, 0.2) is 53.6 Å².